The van der Waals surface area contributed by atoms with Gasteiger partial charge in [0, 0.05) is 0 Å². The van der Waals surface area contributed by atoms with Crippen molar-refractivity contribution in [2.75, 3.05) is 0 Å². The van der Waals surface area contributed by atoms with Crippen LogP contribution in [0.5, 0.6) is 0 Å². The second-order valence-corrected chi connectivity index (χ2v) is 4.34. The van der Waals surface area contributed by atoms with Crippen molar-refractivity contribution < 1.29 is 14.6 Å². The lowest BCUT2D eigenvalue weighted by atomic mass is 9.92. The topological polar surface area (TPSA) is 46.5 Å². The summed E-state index contributed by atoms with van der Waals surface area (Å²) in [5, 5.41) is 9.16. The molecular formula is C13H18O3. The van der Waals surface area contributed by atoms with Crippen LogP contribution in [0.15, 0.2) is 30.3 Å². The van der Waals surface area contributed by atoms with Crippen LogP contribution < -0.4 is 0 Å². The van der Waals surface area contributed by atoms with Crippen molar-refractivity contribution in [2.45, 2.75) is 33.0 Å². The van der Waals surface area contributed by atoms with Crippen LogP contribution in [0.2, 0.25) is 0 Å². The monoisotopic (exact) mass is 222 g/mol. The summed E-state index contributed by atoms with van der Waals surface area (Å²) in [6.45, 7) is 5.63. The number of carbonyl (C=O) groups is 1. The van der Waals surface area contributed by atoms with E-state index in [9.17, 15) is 4.79 Å². The van der Waals surface area contributed by atoms with E-state index in [2.05, 4.69) is 0 Å². The van der Waals surface area contributed by atoms with E-state index in [1.54, 1.807) is 6.92 Å². The Morgan fingerprint density at radius 1 is 1.38 bits per heavy atom. The molecule has 3 heteroatoms. The first-order valence-electron chi connectivity index (χ1n) is 5.38. The Labute approximate surface area is 96.1 Å². The average molecular weight is 222 g/mol. The zero-order valence-electron chi connectivity index (χ0n) is 9.93. The molecule has 0 aliphatic heterocycles. The Bertz CT molecular complexity index is 345. The van der Waals surface area contributed by atoms with Gasteiger partial charge in [-0.2, -0.15) is 0 Å². The van der Waals surface area contributed by atoms with E-state index in [0.29, 0.717) is 6.61 Å². The Morgan fingerprint density at radius 3 is 2.38 bits per heavy atom. The standard InChI is InChI=1S/C13H18O3/c1-10(2)13(3,12(14)15)16-9-11-7-5-4-6-8-11/h4-8,10H,9H2,1-3H3,(H,14,15)/t13-/m0/s1. The van der Waals surface area contributed by atoms with Gasteiger partial charge in [0.25, 0.3) is 0 Å². The van der Waals surface area contributed by atoms with Gasteiger partial charge in [-0.25, -0.2) is 4.79 Å². The van der Waals surface area contributed by atoms with Gasteiger partial charge in [-0.3, -0.25) is 0 Å². The quantitative estimate of drug-likeness (QED) is 0.833. The van der Waals surface area contributed by atoms with Gasteiger partial charge >= 0.3 is 5.97 Å². The molecule has 88 valence electrons. The van der Waals surface area contributed by atoms with Gasteiger partial charge < -0.3 is 9.84 Å². The summed E-state index contributed by atoms with van der Waals surface area (Å²) in [6.07, 6.45) is 0. The van der Waals surface area contributed by atoms with Crippen molar-refractivity contribution in [1.29, 1.82) is 0 Å². The van der Waals surface area contributed by atoms with E-state index in [4.69, 9.17) is 9.84 Å². The largest absolute Gasteiger partial charge is 0.479 e. The van der Waals surface area contributed by atoms with Crippen LogP contribution in [0.3, 0.4) is 0 Å². The molecule has 0 aliphatic carbocycles. The fourth-order valence-corrected chi connectivity index (χ4v) is 1.28. The maximum absolute atomic E-state index is 11.2. The Hall–Kier alpha value is -1.35. The molecule has 0 aliphatic rings. The third kappa shape index (κ3) is 2.83. The van der Waals surface area contributed by atoms with Crippen molar-refractivity contribution >= 4 is 5.97 Å². The molecule has 16 heavy (non-hydrogen) atoms. The highest BCUT2D eigenvalue weighted by Crippen LogP contribution is 2.23. The molecule has 1 rings (SSSR count). The van der Waals surface area contributed by atoms with Crippen molar-refractivity contribution in [2.24, 2.45) is 5.92 Å². The molecule has 0 amide bonds. The third-order valence-electron chi connectivity index (χ3n) is 2.91. The molecule has 0 unspecified atom stereocenters. The van der Waals surface area contributed by atoms with Crippen molar-refractivity contribution in [1.82, 2.24) is 0 Å². The average Bonchev–Trinajstić information content (AvgIpc) is 2.26. The highest BCUT2D eigenvalue weighted by atomic mass is 16.5. The van der Waals surface area contributed by atoms with Crippen LogP contribution in [-0.2, 0) is 16.1 Å². The number of rotatable bonds is 5. The second-order valence-electron chi connectivity index (χ2n) is 4.34. The molecule has 0 radical (unpaired) electrons. The fraction of sp³-hybridized carbons (Fsp3) is 0.462. The minimum atomic E-state index is -1.13. The maximum Gasteiger partial charge on any atom is 0.335 e. The summed E-state index contributed by atoms with van der Waals surface area (Å²) < 4.78 is 5.54. The maximum atomic E-state index is 11.2. The van der Waals surface area contributed by atoms with Crippen LogP contribution in [0, 0.1) is 5.92 Å². The lowest BCUT2D eigenvalue weighted by Crippen LogP contribution is -2.43. The summed E-state index contributed by atoms with van der Waals surface area (Å²) in [7, 11) is 0. The highest BCUT2D eigenvalue weighted by Gasteiger charge is 2.37. The van der Waals surface area contributed by atoms with Crippen LogP contribution in [0.1, 0.15) is 26.3 Å². The molecule has 0 saturated heterocycles. The second kappa shape index (κ2) is 5.12. The number of carboxylic acid groups (broad SMARTS) is 1. The van der Waals surface area contributed by atoms with E-state index in [-0.39, 0.29) is 5.92 Å². The number of carboxylic acids is 1. The van der Waals surface area contributed by atoms with Crippen LogP contribution in [-0.4, -0.2) is 16.7 Å². The number of hydrogen-bond acceptors (Lipinski definition) is 2. The van der Waals surface area contributed by atoms with Gasteiger partial charge in [0.2, 0.25) is 0 Å². The lowest BCUT2D eigenvalue weighted by molar-refractivity contribution is -0.171. The zero-order chi connectivity index (χ0) is 12.2. The van der Waals surface area contributed by atoms with E-state index < -0.39 is 11.6 Å². The lowest BCUT2D eigenvalue weighted by Gasteiger charge is -2.29. The van der Waals surface area contributed by atoms with Gasteiger partial charge in [-0.15, -0.1) is 0 Å². The number of hydrogen-bond donors (Lipinski definition) is 1. The first kappa shape index (κ1) is 12.7. The summed E-state index contributed by atoms with van der Waals surface area (Å²) in [5.41, 5.74) is -0.147. The minimum absolute atomic E-state index is 0.0753. The summed E-state index contributed by atoms with van der Waals surface area (Å²) in [4.78, 5) is 11.2. The minimum Gasteiger partial charge on any atom is -0.479 e. The molecule has 1 aromatic rings. The van der Waals surface area contributed by atoms with Crippen LogP contribution in [0.4, 0.5) is 0 Å². The molecule has 0 bridgehead atoms. The summed E-state index contributed by atoms with van der Waals surface area (Å²) >= 11 is 0. The van der Waals surface area contributed by atoms with Gasteiger partial charge in [0.05, 0.1) is 6.61 Å². The van der Waals surface area contributed by atoms with E-state index in [0.717, 1.165) is 5.56 Å². The third-order valence-corrected chi connectivity index (χ3v) is 2.91. The molecule has 0 fully saturated rings. The van der Waals surface area contributed by atoms with Gasteiger partial charge in [-0.05, 0) is 18.4 Å². The van der Waals surface area contributed by atoms with Crippen molar-refractivity contribution in [3.8, 4) is 0 Å². The van der Waals surface area contributed by atoms with Crippen molar-refractivity contribution in [3.63, 3.8) is 0 Å². The molecule has 1 N–H and O–H groups in total. The van der Waals surface area contributed by atoms with E-state index in [1.807, 2.05) is 44.2 Å². The molecule has 1 aromatic carbocycles. The molecule has 0 heterocycles. The smallest absolute Gasteiger partial charge is 0.335 e. The highest BCUT2D eigenvalue weighted by molar-refractivity contribution is 5.77. The Kier molecular flexibility index (Phi) is 4.07. The van der Waals surface area contributed by atoms with Crippen LogP contribution >= 0.6 is 0 Å². The molecular weight excluding hydrogens is 204 g/mol. The van der Waals surface area contributed by atoms with E-state index >= 15 is 0 Å². The van der Waals surface area contributed by atoms with Gasteiger partial charge in [-0.1, -0.05) is 44.2 Å². The van der Waals surface area contributed by atoms with Gasteiger partial charge in [0.1, 0.15) is 0 Å². The number of ether oxygens (including phenoxy) is 1. The summed E-state index contributed by atoms with van der Waals surface area (Å²) in [5.74, 6) is -0.993. The first-order valence-corrected chi connectivity index (χ1v) is 5.38. The predicted octanol–water partition coefficient (Wildman–Crippen LogP) is 2.70. The Morgan fingerprint density at radius 2 is 1.94 bits per heavy atom. The van der Waals surface area contributed by atoms with Gasteiger partial charge in [0.15, 0.2) is 5.60 Å². The van der Waals surface area contributed by atoms with E-state index in [1.165, 1.54) is 0 Å². The predicted molar refractivity (Wildman–Crippen MR) is 62.1 cm³/mol. The molecule has 3 nitrogen and oxygen atoms in total. The molecule has 0 spiro atoms. The SMILES string of the molecule is CC(C)[C@](C)(OCc1ccccc1)C(=O)O. The molecule has 0 saturated carbocycles. The fourth-order valence-electron chi connectivity index (χ4n) is 1.28. The summed E-state index contributed by atoms with van der Waals surface area (Å²) in [6, 6.07) is 9.58. The zero-order valence-corrected chi connectivity index (χ0v) is 9.93. The molecule has 0 aromatic heterocycles. The first-order chi connectivity index (χ1) is 7.47. The Balaban J connectivity index is 2.69. The number of aliphatic carboxylic acids is 1. The van der Waals surface area contributed by atoms with Crippen LogP contribution in [0.25, 0.3) is 0 Å². The molecule has 1 atom stereocenters. The van der Waals surface area contributed by atoms with Crippen molar-refractivity contribution in [3.05, 3.63) is 35.9 Å². The normalized spacial score (nSPS) is 14.8. The number of benzene rings is 1.